The molecule has 5 heteroatoms. The fraction of sp³-hybridized carbons (Fsp3) is 0.133. The number of rotatable bonds is 6. The molecular formula is C15H15NO4. The average Bonchev–Trinajstić information content (AvgIpc) is 2.49. The van der Waals surface area contributed by atoms with Crippen LogP contribution in [0.25, 0.3) is 0 Å². The minimum atomic E-state index is 0.537. The zero-order valence-electron chi connectivity index (χ0n) is 11.3. The van der Waals surface area contributed by atoms with Gasteiger partial charge in [-0.25, -0.2) is 0 Å². The van der Waals surface area contributed by atoms with Crippen molar-refractivity contribution in [1.29, 1.82) is 0 Å². The molecule has 5 nitrogen and oxygen atoms in total. The molecule has 2 aromatic carbocycles. The molecule has 2 aromatic rings. The van der Waals surface area contributed by atoms with E-state index in [2.05, 4.69) is 5.32 Å². The third-order valence-corrected chi connectivity index (χ3v) is 2.65. The number of carbonyl (C=O) groups is 1. The molecule has 1 amide bonds. The lowest BCUT2D eigenvalue weighted by atomic mass is 10.2. The van der Waals surface area contributed by atoms with Crippen molar-refractivity contribution in [3.63, 3.8) is 0 Å². The van der Waals surface area contributed by atoms with Crippen molar-refractivity contribution in [3.05, 3.63) is 42.5 Å². The molecule has 0 aliphatic carbocycles. The Morgan fingerprint density at radius 2 is 1.55 bits per heavy atom. The second-order valence-electron chi connectivity index (χ2n) is 3.91. The Labute approximate surface area is 117 Å². The number of carbonyl (C=O) groups excluding carboxylic acids is 1. The van der Waals surface area contributed by atoms with E-state index in [0.717, 1.165) is 0 Å². The first-order valence-corrected chi connectivity index (χ1v) is 5.97. The maximum absolute atomic E-state index is 10.6. The molecule has 104 valence electrons. The van der Waals surface area contributed by atoms with E-state index >= 15 is 0 Å². The van der Waals surface area contributed by atoms with Crippen LogP contribution in [0.3, 0.4) is 0 Å². The molecule has 20 heavy (non-hydrogen) atoms. The molecule has 0 radical (unpaired) electrons. The summed E-state index contributed by atoms with van der Waals surface area (Å²) in [4.78, 5) is 10.6. The summed E-state index contributed by atoms with van der Waals surface area (Å²) in [5.74, 6) is 2.34. The summed E-state index contributed by atoms with van der Waals surface area (Å²) in [5.41, 5.74) is 0.587. The van der Waals surface area contributed by atoms with E-state index in [4.69, 9.17) is 14.2 Å². The zero-order valence-corrected chi connectivity index (χ0v) is 11.3. The maximum atomic E-state index is 10.6. The summed E-state index contributed by atoms with van der Waals surface area (Å²) >= 11 is 0. The number of amides is 1. The topological polar surface area (TPSA) is 56.8 Å². The third-order valence-electron chi connectivity index (χ3n) is 2.65. The summed E-state index contributed by atoms with van der Waals surface area (Å²) in [6, 6.07) is 12.4. The average molecular weight is 273 g/mol. The summed E-state index contributed by atoms with van der Waals surface area (Å²) in [6.07, 6.45) is 0.606. The maximum Gasteiger partial charge on any atom is 0.211 e. The lowest BCUT2D eigenvalue weighted by Gasteiger charge is -2.12. The predicted molar refractivity (Wildman–Crippen MR) is 75.7 cm³/mol. The second-order valence-corrected chi connectivity index (χ2v) is 3.91. The van der Waals surface area contributed by atoms with Gasteiger partial charge in [0, 0.05) is 18.2 Å². The van der Waals surface area contributed by atoms with E-state index in [-0.39, 0.29) is 0 Å². The van der Waals surface area contributed by atoms with E-state index in [1.807, 2.05) is 12.1 Å². The molecule has 0 atom stereocenters. The highest BCUT2D eigenvalue weighted by Gasteiger charge is 2.07. The van der Waals surface area contributed by atoms with Crippen molar-refractivity contribution in [3.8, 4) is 23.0 Å². The Bertz CT molecular complexity index is 576. The van der Waals surface area contributed by atoms with Gasteiger partial charge in [0.05, 0.1) is 19.9 Å². The Kier molecular flexibility index (Phi) is 4.44. The van der Waals surface area contributed by atoms with Crippen molar-refractivity contribution >= 4 is 12.1 Å². The van der Waals surface area contributed by atoms with Crippen molar-refractivity contribution in [2.24, 2.45) is 0 Å². The number of para-hydroxylation sites is 2. The minimum absolute atomic E-state index is 0.537. The van der Waals surface area contributed by atoms with Crippen LogP contribution in [0, 0.1) is 0 Å². The SMILES string of the molecule is COc1cc(OC)cc(Oc2ccccc2NC=O)c1. The number of hydrogen-bond acceptors (Lipinski definition) is 4. The first-order chi connectivity index (χ1) is 9.76. The lowest BCUT2D eigenvalue weighted by Crippen LogP contribution is -1.97. The van der Waals surface area contributed by atoms with Crippen molar-refractivity contribution in [1.82, 2.24) is 0 Å². The van der Waals surface area contributed by atoms with E-state index in [1.165, 1.54) is 0 Å². The van der Waals surface area contributed by atoms with Crippen molar-refractivity contribution in [2.45, 2.75) is 0 Å². The molecule has 0 saturated heterocycles. The highest BCUT2D eigenvalue weighted by molar-refractivity contribution is 5.75. The molecular weight excluding hydrogens is 258 g/mol. The number of nitrogens with one attached hydrogen (secondary N) is 1. The molecule has 0 unspecified atom stereocenters. The molecule has 0 aliphatic heterocycles. The molecule has 0 saturated carbocycles. The monoisotopic (exact) mass is 273 g/mol. The van der Waals surface area contributed by atoms with Gasteiger partial charge in [0.1, 0.15) is 17.2 Å². The van der Waals surface area contributed by atoms with Crippen molar-refractivity contribution in [2.75, 3.05) is 19.5 Å². The van der Waals surface area contributed by atoms with Crippen LogP contribution in [0.4, 0.5) is 5.69 Å². The molecule has 0 bridgehead atoms. The molecule has 0 fully saturated rings. The first kappa shape index (κ1) is 13.7. The van der Waals surface area contributed by atoms with Crippen LogP contribution in [-0.2, 0) is 4.79 Å². The quantitative estimate of drug-likeness (QED) is 0.822. The van der Waals surface area contributed by atoms with Gasteiger partial charge in [-0.2, -0.15) is 0 Å². The van der Waals surface area contributed by atoms with Gasteiger partial charge in [0.15, 0.2) is 5.75 Å². The number of benzene rings is 2. The van der Waals surface area contributed by atoms with Gasteiger partial charge < -0.3 is 19.5 Å². The Morgan fingerprint density at radius 3 is 2.15 bits per heavy atom. The number of ether oxygens (including phenoxy) is 3. The van der Waals surface area contributed by atoms with E-state index in [1.54, 1.807) is 44.6 Å². The van der Waals surface area contributed by atoms with Gasteiger partial charge in [0.2, 0.25) is 6.41 Å². The Hall–Kier alpha value is -2.69. The van der Waals surface area contributed by atoms with E-state index in [9.17, 15) is 4.79 Å². The number of hydrogen-bond donors (Lipinski definition) is 1. The van der Waals surface area contributed by atoms with Gasteiger partial charge in [-0.15, -0.1) is 0 Å². The normalized spacial score (nSPS) is 9.70. The molecule has 0 aliphatic rings. The van der Waals surface area contributed by atoms with Crippen LogP contribution in [0.2, 0.25) is 0 Å². The van der Waals surface area contributed by atoms with Gasteiger partial charge in [0.25, 0.3) is 0 Å². The van der Waals surface area contributed by atoms with E-state index < -0.39 is 0 Å². The lowest BCUT2D eigenvalue weighted by molar-refractivity contribution is -0.105. The first-order valence-electron chi connectivity index (χ1n) is 5.97. The Balaban J connectivity index is 2.31. The Morgan fingerprint density at radius 1 is 0.950 bits per heavy atom. The van der Waals surface area contributed by atoms with Crippen molar-refractivity contribution < 1.29 is 19.0 Å². The third kappa shape index (κ3) is 3.20. The smallest absolute Gasteiger partial charge is 0.211 e. The molecule has 0 spiro atoms. The zero-order chi connectivity index (χ0) is 14.4. The molecule has 1 N–H and O–H groups in total. The van der Waals surface area contributed by atoms with Gasteiger partial charge in [-0.3, -0.25) is 4.79 Å². The minimum Gasteiger partial charge on any atom is -0.496 e. The van der Waals surface area contributed by atoms with Gasteiger partial charge >= 0.3 is 0 Å². The fourth-order valence-electron chi connectivity index (χ4n) is 1.71. The molecule has 2 rings (SSSR count). The highest BCUT2D eigenvalue weighted by atomic mass is 16.5. The van der Waals surface area contributed by atoms with Gasteiger partial charge in [-0.1, -0.05) is 12.1 Å². The molecule has 0 aromatic heterocycles. The number of methoxy groups -OCH3 is 2. The standard InChI is InChI=1S/C15H15NO4/c1-18-11-7-12(19-2)9-13(8-11)20-15-6-4-3-5-14(15)16-10-17/h3-10H,1-2H3,(H,16,17). The largest absolute Gasteiger partial charge is 0.496 e. The van der Waals surface area contributed by atoms with Crippen LogP contribution < -0.4 is 19.5 Å². The molecule has 0 heterocycles. The predicted octanol–water partition coefficient (Wildman–Crippen LogP) is 3.06. The summed E-state index contributed by atoms with van der Waals surface area (Å²) in [6.45, 7) is 0. The van der Waals surface area contributed by atoms with Crippen LogP contribution in [0.15, 0.2) is 42.5 Å². The number of anilines is 1. The van der Waals surface area contributed by atoms with Crippen LogP contribution in [-0.4, -0.2) is 20.6 Å². The summed E-state index contributed by atoms with van der Waals surface area (Å²) < 4.78 is 16.1. The fourth-order valence-corrected chi connectivity index (χ4v) is 1.71. The highest BCUT2D eigenvalue weighted by Crippen LogP contribution is 2.33. The second kappa shape index (κ2) is 6.47. The van der Waals surface area contributed by atoms with Crippen LogP contribution in [0.5, 0.6) is 23.0 Å². The van der Waals surface area contributed by atoms with Crippen LogP contribution in [0.1, 0.15) is 0 Å². The summed E-state index contributed by atoms with van der Waals surface area (Å²) in [5, 5.41) is 2.59. The van der Waals surface area contributed by atoms with Crippen LogP contribution >= 0.6 is 0 Å². The van der Waals surface area contributed by atoms with E-state index in [0.29, 0.717) is 35.1 Å². The summed E-state index contributed by atoms with van der Waals surface area (Å²) in [7, 11) is 3.14. The van der Waals surface area contributed by atoms with Gasteiger partial charge in [-0.05, 0) is 12.1 Å².